The normalized spacial score (nSPS) is 27.1. The molecular weight excluding hydrogens is 248 g/mol. The molecule has 114 valence electrons. The van der Waals surface area contributed by atoms with Crippen molar-refractivity contribution in [1.82, 2.24) is 14.7 Å². The van der Waals surface area contributed by atoms with Crippen molar-refractivity contribution in [3.63, 3.8) is 0 Å². The lowest BCUT2D eigenvalue weighted by molar-refractivity contribution is 0.0569. The van der Waals surface area contributed by atoms with Gasteiger partial charge in [0.1, 0.15) is 0 Å². The van der Waals surface area contributed by atoms with Crippen LogP contribution in [0.15, 0.2) is 12.4 Å². The molecule has 1 heterocycles. The second-order valence-corrected chi connectivity index (χ2v) is 6.54. The summed E-state index contributed by atoms with van der Waals surface area (Å²) in [6, 6.07) is 0. The summed E-state index contributed by atoms with van der Waals surface area (Å²) in [5.74, 6) is 0.923. The van der Waals surface area contributed by atoms with Gasteiger partial charge in [-0.25, -0.2) is 0 Å². The Labute approximate surface area is 123 Å². The average molecular weight is 278 g/mol. The molecular formula is C16H30N4. The minimum Gasteiger partial charge on any atom is -0.329 e. The van der Waals surface area contributed by atoms with Crippen LogP contribution in [0.3, 0.4) is 0 Å². The van der Waals surface area contributed by atoms with E-state index in [1.807, 2.05) is 17.9 Å². The van der Waals surface area contributed by atoms with E-state index in [-0.39, 0.29) is 5.54 Å². The zero-order valence-electron chi connectivity index (χ0n) is 13.3. The Bertz CT molecular complexity index is 404. The molecule has 0 radical (unpaired) electrons. The third kappa shape index (κ3) is 3.41. The number of hydrogen-bond donors (Lipinski definition) is 1. The molecule has 4 heteroatoms. The van der Waals surface area contributed by atoms with E-state index in [4.69, 9.17) is 5.73 Å². The highest BCUT2D eigenvalue weighted by molar-refractivity contribution is 5.06. The predicted octanol–water partition coefficient (Wildman–Crippen LogP) is 2.54. The highest BCUT2D eigenvalue weighted by Crippen LogP contribution is 2.37. The highest BCUT2D eigenvalue weighted by atomic mass is 15.2. The van der Waals surface area contributed by atoms with Crippen molar-refractivity contribution in [2.24, 2.45) is 18.7 Å². The number of likely N-dealkylation sites (N-methyl/N-ethyl adjacent to an activating group) is 1. The van der Waals surface area contributed by atoms with Crippen molar-refractivity contribution in [2.75, 3.05) is 13.6 Å². The first kappa shape index (κ1) is 15.5. The molecule has 2 rings (SSSR count). The van der Waals surface area contributed by atoms with Crippen LogP contribution < -0.4 is 5.73 Å². The van der Waals surface area contributed by atoms with Crippen LogP contribution >= 0.6 is 0 Å². The lowest BCUT2D eigenvalue weighted by Gasteiger charge is -2.46. The standard InChI is InChI=1S/C16H30N4/c1-4-5-14-6-8-16(13-17,9-7-14)19(2)11-15-10-18-20(3)12-15/h10,12,14H,4-9,11,13,17H2,1-3H3. The summed E-state index contributed by atoms with van der Waals surface area (Å²) in [5, 5.41) is 4.26. The van der Waals surface area contributed by atoms with Crippen molar-refractivity contribution in [2.45, 2.75) is 57.5 Å². The zero-order chi connectivity index (χ0) is 14.6. The topological polar surface area (TPSA) is 47.1 Å². The number of nitrogens with zero attached hydrogens (tertiary/aromatic N) is 3. The molecule has 2 N–H and O–H groups in total. The molecule has 0 bridgehead atoms. The lowest BCUT2D eigenvalue weighted by Crippen LogP contribution is -2.53. The van der Waals surface area contributed by atoms with Gasteiger partial charge >= 0.3 is 0 Å². The number of nitrogens with two attached hydrogens (primary N) is 1. The summed E-state index contributed by atoms with van der Waals surface area (Å²) in [4.78, 5) is 2.46. The summed E-state index contributed by atoms with van der Waals surface area (Å²) >= 11 is 0. The van der Waals surface area contributed by atoms with Gasteiger partial charge in [-0.1, -0.05) is 19.8 Å². The molecule has 4 nitrogen and oxygen atoms in total. The Hall–Kier alpha value is -0.870. The van der Waals surface area contributed by atoms with E-state index >= 15 is 0 Å². The zero-order valence-corrected chi connectivity index (χ0v) is 13.3. The predicted molar refractivity (Wildman–Crippen MR) is 83.3 cm³/mol. The fourth-order valence-electron chi connectivity index (χ4n) is 3.65. The lowest BCUT2D eigenvalue weighted by atomic mass is 9.74. The SMILES string of the molecule is CCCC1CCC(CN)(N(C)Cc2cnn(C)c2)CC1. The van der Waals surface area contributed by atoms with E-state index in [9.17, 15) is 0 Å². The van der Waals surface area contributed by atoms with Crippen molar-refractivity contribution >= 4 is 0 Å². The molecule has 1 aromatic rings. The van der Waals surface area contributed by atoms with E-state index in [1.54, 1.807) is 0 Å². The monoisotopic (exact) mass is 278 g/mol. The van der Waals surface area contributed by atoms with Crippen LogP contribution in [0.1, 0.15) is 51.0 Å². The maximum absolute atomic E-state index is 6.15. The molecule has 20 heavy (non-hydrogen) atoms. The van der Waals surface area contributed by atoms with Crippen molar-refractivity contribution in [3.8, 4) is 0 Å². The second-order valence-electron chi connectivity index (χ2n) is 6.54. The fraction of sp³-hybridized carbons (Fsp3) is 0.812. The maximum Gasteiger partial charge on any atom is 0.0534 e. The molecule has 0 spiro atoms. The first-order valence-electron chi connectivity index (χ1n) is 7.98. The Morgan fingerprint density at radius 1 is 1.45 bits per heavy atom. The number of hydrogen-bond acceptors (Lipinski definition) is 3. The third-order valence-corrected chi connectivity index (χ3v) is 5.10. The van der Waals surface area contributed by atoms with Crippen molar-refractivity contribution in [1.29, 1.82) is 0 Å². The molecule has 0 saturated heterocycles. The maximum atomic E-state index is 6.15. The van der Waals surface area contributed by atoms with Crippen LogP contribution in [0, 0.1) is 5.92 Å². The van der Waals surface area contributed by atoms with Gasteiger partial charge in [-0.05, 0) is 38.6 Å². The van der Waals surface area contributed by atoms with Crippen molar-refractivity contribution in [3.05, 3.63) is 18.0 Å². The highest BCUT2D eigenvalue weighted by Gasteiger charge is 2.37. The summed E-state index contributed by atoms with van der Waals surface area (Å²) in [6.07, 6.45) is 11.9. The van der Waals surface area contributed by atoms with Gasteiger partial charge < -0.3 is 5.73 Å². The van der Waals surface area contributed by atoms with Crippen molar-refractivity contribution < 1.29 is 0 Å². The molecule has 0 aromatic carbocycles. The summed E-state index contributed by atoms with van der Waals surface area (Å²) in [6.45, 7) is 4.01. The van der Waals surface area contributed by atoms with Crippen LogP contribution in [0.5, 0.6) is 0 Å². The van der Waals surface area contributed by atoms with Crippen LogP contribution in [-0.4, -0.2) is 33.8 Å². The summed E-state index contributed by atoms with van der Waals surface area (Å²) in [7, 11) is 4.19. The van der Waals surface area contributed by atoms with Gasteiger partial charge in [0.05, 0.1) is 6.20 Å². The first-order valence-corrected chi connectivity index (χ1v) is 7.98. The molecule has 1 aliphatic rings. The smallest absolute Gasteiger partial charge is 0.0534 e. The largest absolute Gasteiger partial charge is 0.329 e. The van der Waals surface area contributed by atoms with Gasteiger partial charge in [-0.15, -0.1) is 0 Å². The molecule has 1 aromatic heterocycles. The van der Waals surface area contributed by atoms with Gasteiger partial charge in [-0.3, -0.25) is 9.58 Å². The second kappa shape index (κ2) is 6.72. The van der Waals surface area contributed by atoms with Gasteiger partial charge in [-0.2, -0.15) is 5.10 Å². The fourth-order valence-corrected chi connectivity index (χ4v) is 3.65. The van der Waals surface area contributed by atoms with Gasteiger partial charge in [0.15, 0.2) is 0 Å². The molecule has 0 aliphatic heterocycles. The minimum atomic E-state index is 0.195. The van der Waals surface area contributed by atoms with Gasteiger partial charge in [0.25, 0.3) is 0 Å². The molecule has 1 fully saturated rings. The van der Waals surface area contributed by atoms with Crippen LogP contribution in [0.4, 0.5) is 0 Å². The Morgan fingerprint density at radius 2 is 2.15 bits per heavy atom. The van der Waals surface area contributed by atoms with E-state index in [0.29, 0.717) is 0 Å². The number of aromatic nitrogens is 2. The Morgan fingerprint density at radius 3 is 2.65 bits per heavy atom. The van der Waals surface area contributed by atoms with E-state index in [0.717, 1.165) is 19.0 Å². The van der Waals surface area contributed by atoms with E-state index < -0.39 is 0 Å². The van der Waals surface area contributed by atoms with Crippen LogP contribution in [0.25, 0.3) is 0 Å². The molecule has 1 aliphatic carbocycles. The Kier molecular flexibility index (Phi) is 5.22. The first-order chi connectivity index (χ1) is 9.59. The number of aryl methyl sites for hydroxylation is 1. The third-order valence-electron chi connectivity index (χ3n) is 5.10. The molecule has 0 amide bonds. The van der Waals surface area contributed by atoms with Crippen LogP contribution in [-0.2, 0) is 13.6 Å². The molecule has 0 unspecified atom stereocenters. The van der Waals surface area contributed by atoms with Crippen LogP contribution in [0.2, 0.25) is 0 Å². The van der Waals surface area contributed by atoms with E-state index in [2.05, 4.69) is 30.2 Å². The quantitative estimate of drug-likeness (QED) is 0.870. The summed E-state index contributed by atoms with van der Waals surface area (Å²) in [5.41, 5.74) is 7.63. The van der Waals surface area contributed by atoms with Gasteiger partial charge in [0, 0.05) is 37.4 Å². The van der Waals surface area contributed by atoms with E-state index in [1.165, 1.54) is 44.1 Å². The summed E-state index contributed by atoms with van der Waals surface area (Å²) < 4.78 is 1.87. The molecule has 0 atom stereocenters. The number of rotatable bonds is 6. The molecule has 1 saturated carbocycles. The average Bonchev–Trinajstić information content (AvgIpc) is 2.85. The minimum absolute atomic E-state index is 0.195. The van der Waals surface area contributed by atoms with Gasteiger partial charge in [0.2, 0.25) is 0 Å². The Balaban J connectivity index is 1.96.